The van der Waals surface area contributed by atoms with Crippen LogP contribution in [0.2, 0.25) is 10.3 Å². The second-order valence-electron chi connectivity index (χ2n) is 3.89. The second kappa shape index (κ2) is 4.56. The van der Waals surface area contributed by atoms with E-state index in [1.807, 2.05) is 36.4 Å². The Morgan fingerprint density at radius 2 is 1.78 bits per heavy atom. The molecule has 2 nitrogen and oxygen atoms in total. The third-order valence-electron chi connectivity index (χ3n) is 2.72. The highest BCUT2D eigenvalue weighted by Crippen LogP contribution is 2.28. The summed E-state index contributed by atoms with van der Waals surface area (Å²) in [6.07, 6.45) is 1.66. The van der Waals surface area contributed by atoms with Crippen LogP contribution in [0.15, 0.2) is 48.7 Å². The van der Waals surface area contributed by atoms with Crippen molar-refractivity contribution < 1.29 is 0 Å². The van der Waals surface area contributed by atoms with Crippen LogP contribution in [-0.2, 0) is 0 Å². The number of halogens is 2. The molecule has 2 heterocycles. The van der Waals surface area contributed by atoms with Gasteiger partial charge in [-0.05, 0) is 23.6 Å². The maximum atomic E-state index is 6.19. The van der Waals surface area contributed by atoms with E-state index in [2.05, 4.69) is 9.97 Å². The minimum atomic E-state index is 0.443. The van der Waals surface area contributed by atoms with Crippen LogP contribution in [0, 0.1) is 0 Å². The number of benzene rings is 1. The van der Waals surface area contributed by atoms with Crippen LogP contribution in [0.1, 0.15) is 0 Å². The van der Waals surface area contributed by atoms with Crippen LogP contribution in [0.25, 0.3) is 22.0 Å². The molecule has 2 aromatic heterocycles. The molecule has 0 unspecified atom stereocenters. The summed E-state index contributed by atoms with van der Waals surface area (Å²) in [7, 11) is 0. The molecule has 0 aliphatic rings. The average molecular weight is 275 g/mol. The lowest BCUT2D eigenvalue weighted by molar-refractivity contribution is 1.30. The highest BCUT2D eigenvalue weighted by molar-refractivity contribution is 6.34. The Kier molecular flexibility index (Phi) is 2.90. The average Bonchev–Trinajstić information content (AvgIpc) is 2.39. The molecule has 0 aliphatic carbocycles. The first kappa shape index (κ1) is 11.5. The zero-order valence-electron chi connectivity index (χ0n) is 9.27. The number of aromatic nitrogens is 2. The highest BCUT2D eigenvalue weighted by atomic mass is 35.5. The summed E-state index contributed by atoms with van der Waals surface area (Å²) < 4.78 is 0. The van der Waals surface area contributed by atoms with Crippen LogP contribution in [0.5, 0.6) is 0 Å². The van der Waals surface area contributed by atoms with Gasteiger partial charge in [-0.1, -0.05) is 47.5 Å². The number of hydrogen-bond donors (Lipinski definition) is 0. The topological polar surface area (TPSA) is 25.8 Å². The minimum absolute atomic E-state index is 0.443. The summed E-state index contributed by atoms with van der Waals surface area (Å²) in [4.78, 5) is 8.35. The Bertz CT molecular complexity index is 726. The third-order valence-corrected chi connectivity index (χ3v) is 3.21. The largest absolute Gasteiger partial charge is 0.245 e. The normalized spacial score (nSPS) is 10.8. The molecule has 0 N–H and O–H groups in total. The van der Waals surface area contributed by atoms with Crippen molar-refractivity contribution in [1.29, 1.82) is 0 Å². The maximum absolute atomic E-state index is 6.19. The summed E-state index contributed by atoms with van der Waals surface area (Å²) in [5, 5.41) is 2.94. The number of pyridine rings is 2. The SMILES string of the molecule is Clc1cc(-c2cc3ccccc3c(Cl)n2)ccn1. The van der Waals surface area contributed by atoms with Gasteiger partial charge in [0.2, 0.25) is 0 Å². The molecule has 18 heavy (non-hydrogen) atoms. The molecule has 0 bridgehead atoms. The quantitative estimate of drug-likeness (QED) is 0.606. The second-order valence-corrected chi connectivity index (χ2v) is 4.63. The van der Waals surface area contributed by atoms with Gasteiger partial charge in [0.05, 0.1) is 5.69 Å². The Balaban J connectivity index is 2.24. The van der Waals surface area contributed by atoms with Crippen LogP contribution < -0.4 is 0 Å². The van der Waals surface area contributed by atoms with E-state index in [9.17, 15) is 0 Å². The highest BCUT2D eigenvalue weighted by Gasteiger charge is 2.06. The maximum Gasteiger partial charge on any atom is 0.137 e. The molecule has 3 rings (SSSR count). The molecule has 1 aromatic carbocycles. The Hall–Kier alpha value is -1.64. The van der Waals surface area contributed by atoms with Gasteiger partial charge in [0.15, 0.2) is 0 Å². The van der Waals surface area contributed by atoms with Crippen LogP contribution in [0.3, 0.4) is 0 Å². The van der Waals surface area contributed by atoms with Crippen molar-refractivity contribution in [1.82, 2.24) is 9.97 Å². The van der Waals surface area contributed by atoms with Gasteiger partial charge in [0.25, 0.3) is 0 Å². The van der Waals surface area contributed by atoms with Crippen LogP contribution >= 0.6 is 23.2 Å². The number of hydrogen-bond acceptors (Lipinski definition) is 2. The molecular formula is C14H8Cl2N2. The standard InChI is InChI=1S/C14H8Cl2N2/c15-13-8-10(5-6-17-13)12-7-9-3-1-2-4-11(9)14(16)18-12/h1-8H. The van der Waals surface area contributed by atoms with Gasteiger partial charge in [0, 0.05) is 17.1 Å². The van der Waals surface area contributed by atoms with Crippen molar-refractivity contribution in [3.8, 4) is 11.3 Å². The summed E-state index contributed by atoms with van der Waals surface area (Å²) in [5.41, 5.74) is 1.70. The van der Waals surface area contributed by atoms with E-state index in [1.54, 1.807) is 12.3 Å². The Labute approximate surface area is 114 Å². The van der Waals surface area contributed by atoms with E-state index in [0.717, 1.165) is 22.0 Å². The van der Waals surface area contributed by atoms with Crippen LogP contribution in [-0.4, -0.2) is 9.97 Å². The lowest BCUT2D eigenvalue weighted by Crippen LogP contribution is -1.87. The van der Waals surface area contributed by atoms with E-state index in [0.29, 0.717) is 10.3 Å². The van der Waals surface area contributed by atoms with E-state index in [4.69, 9.17) is 23.2 Å². The zero-order chi connectivity index (χ0) is 12.5. The van der Waals surface area contributed by atoms with E-state index < -0.39 is 0 Å². The molecule has 0 atom stereocenters. The van der Waals surface area contributed by atoms with Crippen molar-refractivity contribution in [2.75, 3.05) is 0 Å². The summed E-state index contributed by atoms with van der Waals surface area (Å²) in [6.45, 7) is 0. The molecule has 0 aliphatic heterocycles. The minimum Gasteiger partial charge on any atom is -0.245 e. The molecule has 88 valence electrons. The van der Waals surface area contributed by atoms with Gasteiger partial charge in [-0.3, -0.25) is 0 Å². The number of rotatable bonds is 1. The summed E-state index contributed by atoms with van der Waals surface area (Å²) in [5.74, 6) is 0. The number of fused-ring (bicyclic) bond motifs is 1. The molecule has 0 spiro atoms. The van der Waals surface area contributed by atoms with E-state index in [1.165, 1.54) is 0 Å². The lowest BCUT2D eigenvalue weighted by atomic mass is 10.1. The fourth-order valence-electron chi connectivity index (χ4n) is 1.87. The molecule has 3 aromatic rings. The van der Waals surface area contributed by atoms with Gasteiger partial charge in [-0.2, -0.15) is 0 Å². The van der Waals surface area contributed by atoms with Gasteiger partial charge < -0.3 is 0 Å². The van der Waals surface area contributed by atoms with Crippen molar-refractivity contribution in [2.45, 2.75) is 0 Å². The van der Waals surface area contributed by atoms with Crippen molar-refractivity contribution in [2.24, 2.45) is 0 Å². The summed E-state index contributed by atoms with van der Waals surface area (Å²) >= 11 is 12.1. The molecule has 0 radical (unpaired) electrons. The first-order chi connectivity index (χ1) is 8.74. The first-order valence-electron chi connectivity index (χ1n) is 5.41. The number of nitrogens with zero attached hydrogens (tertiary/aromatic N) is 2. The van der Waals surface area contributed by atoms with Crippen LogP contribution in [0.4, 0.5) is 0 Å². The van der Waals surface area contributed by atoms with E-state index >= 15 is 0 Å². The Morgan fingerprint density at radius 1 is 0.944 bits per heavy atom. The van der Waals surface area contributed by atoms with Crippen molar-refractivity contribution >= 4 is 34.0 Å². The van der Waals surface area contributed by atoms with E-state index in [-0.39, 0.29) is 0 Å². The molecule has 0 saturated carbocycles. The smallest absolute Gasteiger partial charge is 0.137 e. The molecule has 0 amide bonds. The Morgan fingerprint density at radius 3 is 2.61 bits per heavy atom. The fourth-order valence-corrected chi connectivity index (χ4v) is 2.30. The molecular weight excluding hydrogens is 267 g/mol. The lowest BCUT2D eigenvalue weighted by Gasteiger charge is -2.05. The predicted octanol–water partition coefficient (Wildman–Crippen LogP) is 4.60. The van der Waals surface area contributed by atoms with Gasteiger partial charge in [0.1, 0.15) is 10.3 Å². The predicted molar refractivity (Wildman–Crippen MR) is 75.0 cm³/mol. The first-order valence-corrected chi connectivity index (χ1v) is 6.17. The molecule has 0 saturated heterocycles. The van der Waals surface area contributed by atoms with Gasteiger partial charge >= 0.3 is 0 Å². The van der Waals surface area contributed by atoms with Crippen molar-refractivity contribution in [3.63, 3.8) is 0 Å². The molecule has 4 heteroatoms. The molecule has 0 fully saturated rings. The van der Waals surface area contributed by atoms with Gasteiger partial charge in [-0.15, -0.1) is 0 Å². The van der Waals surface area contributed by atoms with Gasteiger partial charge in [-0.25, -0.2) is 9.97 Å². The zero-order valence-corrected chi connectivity index (χ0v) is 10.8. The monoisotopic (exact) mass is 274 g/mol. The summed E-state index contributed by atoms with van der Waals surface area (Å²) in [6, 6.07) is 13.5. The third kappa shape index (κ3) is 2.05. The fraction of sp³-hybridized carbons (Fsp3) is 0. The van der Waals surface area contributed by atoms with Crippen molar-refractivity contribution in [3.05, 3.63) is 59.0 Å².